The summed E-state index contributed by atoms with van der Waals surface area (Å²) < 4.78 is 5.21. The Bertz CT molecular complexity index is 277. The van der Waals surface area contributed by atoms with Gasteiger partial charge in [-0.25, -0.2) is 4.79 Å². The van der Waals surface area contributed by atoms with Crippen molar-refractivity contribution in [3.63, 3.8) is 0 Å². The standard InChI is InChI=1S/C10H20N4O3/c11-8(9(15)16)2-1-3-13-10(12)14-4-6-17-7-5-14/h8H,1-7,11H2,(H2,12,13)(H,15,16)/p+1/t8-/m0/s1. The number of rotatable bonds is 5. The van der Waals surface area contributed by atoms with E-state index in [2.05, 4.69) is 10.7 Å². The van der Waals surface area contributed by atoms with E-state index in [4.69, 9.17) is 15.6 Å². The maximum absolute atomic E-state index is 10.5. The number of aliphatic carboxylic acids is 1. The molecule has 7 nitrogen and oxygen atoms in total. The maximum atomic E-state index is 10.5. The summed E-state index contributed by atoms with van der Waals surface area (Å²) in [6.45, 7) is 3.43. The molecule has 1 saturated heterocycles. The van der Waals surface area contributed by atoms with Gasteiger partial charge >= 0.3 is 5.97 Å². The van der Waals surface area contributed by atoms with Gasteiger partial charge in [-0.2, -0.15) is 0 Å². The van der Waals surface area contributed by atoms with Crippen LogP contribution in [-0.4, -0.2) is 60.8 Å². The van der Waals surface area contributed by atoms with Crippen LogP contribution in [0.1, 0.15) is 12.8 Å². The molecule has 0 aliphatic carbocycles. The minimum atomic E-state index is -0.866. The lowest BCUT2D eigenvalue weighted by Crippen LogP contribution is -2.64. The largest absolute Gasteiger partial charge is 0.477 e. The summed E-state index contributed by atoms with van der Waals surface area (Å²) in [7, 11) is 0. The van der Waals surface area contributed by atoms with Crippen molar-refractivity contribution in [2.45, 2.75) is 18.9 Å². The SMILES string of the molecule is NC(=NCCC[C@H]([NH3+])C(=O)O)N1CCOCC1. The van der Waals surface area contributed by atoms with Crippen LogP contribution < -0.4 is 11.5 Å². The Kier molecular flexibility index (Phi) is 5.71. The van der Waals surface area contributed by atoms with Gasteiger partial charge in [0.1, 0.15) is 0 Å². The van der Waals surface area contributed by atoms with Crippen LogP contribution in [-0.2, 0) is 9.53 Å². The first-order valence-electron chi connectivity index (χ1n) is 5.79. The monoisotopic (exact) mass is 245 g/mol. The number of nitrogens with two attached hydrogens (primary N) is 1. The van der Waals surface area contributed by atoms with Crippen LogP contribution in [0.3, 0.4) is 0 Å². The molecule has 1 rings (SSSR count). The van der Waals surface area contributed by atoms with Gasteiger partial charge in [-0.05, 0) is 6.42 Å². The van der Waals surface area contributed by atoms with Crippen LogP contribution in [0.4, 0.5) is 0 Å². The molecule has 0 aromatic carbocycles. The fourth-order valence-corrected chi connectivity index (χ4v) is 1.55. The molecule has 0 saturated carbocycles. The third kappa shape index (κ3) is 5.01. The van der Waals surface area contributed by atoms with Crippen LogP contribution >= 0.6 is 0 Å². The van der Waals surface area contributed by atoms with Crippen molar-refractivity contribution >= 4 is 11.9 Å². The van der Waals surface area contributed by atoms with E-state index in [1.165, 1.54) is 0 Å². The second kappa shape index (κ2) is 7.08. The molecule has 0 radical (unpaired) electrons. The zero-order valence-electron chi connectivity index (χ0n) is 9.97. The summed E-state index contributed by atoms with van der Waals surface area (Å²) in [6.07, 6.45) is 1.21. The Hall–Kier alpha value is -1.34. The van der Waals surface area contributed by atoms with Gasteiger partial charge in [0.05, 0.1) is 13.2 Å². The Balaban J connectivity index is 2.20. The van der Waals surface area contributed by atoms with Gasteiger partial charge < -0.3 is 26.2 Å². The van der Waals surface area contributed by atoms with Crippen LogP contribution in [0.15, 0.2) is 4.99 Å². The van der Waals surface area contributed by atoms with E-state index in [1.807, 2.05) is 4.90 Å². The Morgan fingerprint density at radius 3 is 2.76 bits per heavy atom. The number of morpholine rings is 1. The van der Waals surface area contributed by atoms with Gasteiger partial charge in [0.2, 0.25) is 0 Å². The average Bonchev–Trinajstić information content (AvgIpc) is 2.35. The van der Waals surface area contributed by atoms with Crippen LogP contribution in [0, 0.1) is 0 Å². The highest BCUT2D eigenvalue weighted by Crippen LogP contribution is 1.98. The van der Waals surface area contributed by atoms with Crippen molar-refractivity contribution in [1.82, 2.24) is 4.90 Å². The van der Waals surface area contributed by atoms with Gasteiger partial charge in [-0.15, -0.1) is 0 Å². The number of quaternary nitrogens is 1. The molecule has 0 aromatic rings. The number of carboxylic acid groups (broad SMARTS) is 1. The zero-order chi connectivity index (χ0) is 12.7. The van der Waals surface area contributed by atoms with Crippen molar-refractivity contribution < 1.29 is 20.4 Å². The van der Waals surface area contributed by atoms with E-state index in [0.29, 0.717) is 38.6 Å². The number of carboxylic acids is 1. The molecule has 1 fully saturated rings. The predicted molar refractivity (Wildman–Crippen MR) is 62.4 cm³/mol. The number of carbonyl (C=O) groups is 1. The number of nitrogens with zero attached hydrogens (tertiary/aromatic N) is 2. The van der Waals surface area contributed by atoms with E-state index in [1.54, 1.807) is 0 Å². The molecule has 0 unspecified atom stereocenters. The molecule has 0 aromatic heterocycles. The molecule has 7 heteroatoms. The van der Waals surface area contributed by atoms with Crippen molar-refractivity contribution in [1.29, 1.82) is 0 Å². The van der Waals surface area contributed by atoms with E-state index < -0.39 is 12.0 Å². The van der Waals surface area contributed by atoms with Gasteiger partial charge in [-0.3, -0.25) is 4.99 Å². The lowest BCUT2D eigenvalue weighted by atomic mass is 10.2. The molecular formula is C10H21N4O3+. The molecule has 17 heavy (non-hydrogen) atoms. The topological polar surface area (TPSA) is 116 Å². The lowest BCUT2D eigenvalue weighted by molar-refractivity contribution is -0.409. The van der Waals surface area contributed by atoms with Gasteiger partial charge in [0.15, 0.2) is 12.0 Å². The summed E-state index contributed by atoms with van der Waals surface area (Å²) >= 11 is 0. The molecular weight excluding hydrogens is 224 g/mol. The second-order valence-corrected chi connectivity index (χ2v) is 4.02. The summed E-state index contributed by atoms with van der Waals surface area (Å²) in [6, 6.07) is -0.560. The van der Waals surface area contributed by atoms with Gasteiger partial charge in [-0.1, -0.05) is 0 Å². The highest BCUT2D eigenvalue weighted by molar-refractivity contribution is 5.78. The first-order chi connectivity index (χ1) is 8.11. The molecule has 0 amide bonds. The predicted octanol–water partition coefficient (Wildman–Crippen LogP) is -1.89. The zero-order valence-corrected chi connectivity index (χ0v) is 9.97. The molecule has 0 bridgehead atoms. The fourth-order valence-electron chi connectivity index (χ4n) is 1.55. The molecule has 1 aliphatic rings. The van der Waals surface area contributed by atoms with Crippen LogP contribution in [0.2, 0.25) is 0 Å². The van der Waals surface area contributed by atoms with Crippen molar-refractivity contribution in [3.8, 4) is 0 Å². The maximum Gasteiger partial charge on any atom is 0.362 e. The molecule has 1 aliphatic heterocycles. The number of aliphatic imine (C=N–C) groups is 1. The minimum absolute atomic E-state index is 0.518. The summed E-state index contributed by atoms with van der Waals surface area (Å²) in [5, 5.41) is 8.65. The summed E-state index contributed by atoms with van der Waals surface area (Å²) in [5.41, 5.74) is 9.35. The molecule has 0 spiro atoms. The third-order valence-electron chi connectivity index (χ3n) is 2.67. The van der Waals surface area contributed by atoms with E-state index in [9.17, 15) is 4.79 Å². The average molecular weight is 245 g/mol. The highest BCUT2D eigenvalue weighted by Gasteiger charge is 2.15. The third-order valence-corrected chi connectivity index (χ3v) is 2.67. The molecule has 98 valence electrons. The van der Waals surface area contributed by atoms with Gasteiger partial charge in [0.25, 0.3) is 0 Å². The van der Waals surface area contributed by atoms with E-state index in [0.717, 1.165) is 13.1 Å². The number of guanidine groups is 1. The smallest absolute Gasteiger partial charge is 0.362 e. The van der Waals surface area contributed by atoms with Crippen molar-refractivity contribution in [2.75, 3.05) is 32.8 Å². The lowest BCUT2D eigenvalue weighted by Gasteiger charge is -2.27. The summed E-state index contributed by atoms with van der Waals surface area (Å²) in [5.74, 6) is -0.348. The molecule has 1 atom stereocenters. The summed E-state index contributed by atoms with van der Waals surface area (Å²) in [4.78, 5) is 16.7. The number of hydrogen-bond donors (Lipinski definition) is 3. The molecule has 1 heterocycles. The number of hydrogen-bond acceptors (Lipinski definition) is 3. The first-order valence-corrected chi connectivity index (χ1v) is 5.79. The normalized spacial score (nSPS) is 19.1. The fraction of sp³-hybridized carbons (Fsp3) is 0.800. The minimum Gasteiger partial charge on any atom is -0.477 e. The molecule has 6 N–H and O–H groups in total. The first kappa shape index (κ1) is 13.7. The van der Waals surface area contributed by atoms with Crippen LogP contribution in [0.25, 0.3) is 0 Å². The second-order valence-electron chi connectivity index (χ2n) is 4.02. The quantitative estimate of drug-likeness (QED) is 0.297. The number of ether oxygens (including phenoxy) is 1. The van der Waals surface area contributed by atoms with E-state index in [-0.39, 0.29) is 0 Å². The highest BCUT2D eigenvalue weighted by atomic mass is 16.5. The Morgan fingerprint density at radius 2 is 2.18 bits per heavy atom. The van der Waals surface area contributed by atoms with Crippen molar-refractivity contribution in [3.05, 3.63) is 0 Å². The van der Waals surface area contributed by atoms with E-state index >= 15 is 0 Å². The van der Waals surface area contributed by atoms with Crippen molar-refractivity contribution in [2.24, 2.45) is 10.7 Å². The Morgan fingerprint density at radius 1 is 1.53 bits per heavy atom. The van der Waals surface area contributed by atoms with Crippen LogP contribution in [0.5, 0.6) is 0 Å². The van der Waals surface area contributed by atoms with Gasteiger partial charge in [0, 0.05) is 26.1 Å². The Labute approximate surface area is 100 Å².